The van der Waals surface area contributed by atoms with Gasteiger partial charge in [-0.3, -0.25) is 37.3 Å². The molecule has 0 rings (SSSR count). The first-order chi connectivity index (χ1) is 49.7. The van der Waals surface area contributed by atoms with Crippen molar-refractivity contribution in [2.75, 3.05) is 39.6 Å². The van der Waals surface area contributed by atoms with Crippen LogP contribution in [0.2, 0.25) is 0 Å². The molecule has 17 nitrogen and oxygen atoms in total. The second kappa shape index (κ2) is 74.0. The lowest BCUT2D eigenvalue weighted by atomic mass is 10.0. The molecule has 0 bridgehead atoms. The van der Waals surface area contributed by atoms with Gasteiger partial charge in [0, 0.05) is 25.7 Å². The molecule has 0 spiro atoms. The number of phosphoric acid groups is 2. The van der Waals surface area contributed by atoms with Crippen LogP contribution in [0.15, 0.2) is 158 Å². The molecule has 5 unspecified atom stereocenters. The minimum absolute atomic E-state index is 0.0244. The Kier molecular flexibility index (Phi) is 70.1. The summed E-state index contributed by atoms with van der Waals surface area (Å²) in [5.41, 5.74) is 0. The maximum Gasteiger partial charge on any atom is 0.472 e. The number of phosphoric ester groups is 2. The Bertz CT molecular complexity index is 2550. The van der Waals surface area contributed by atoms with Gasteiger partial charge in [-0.05, 0) is 141 Å². The van der Waals surface area contributed by atoms with Crippen LogP contribution in [0, 0.1) is 0 Å². The molecule has 19 heteroatoms. The fourth-order valence-electron chi connectivity index (χ4n) is 9.71. The van der Waals surface area contributed by atoms with Crippen molar-refractivity contribution in [2.45, 2.75) is 303 Å². The third-order valence-electron chi connectivity index (χ3n) is 15.5. The van der Waals surface area contributed by atoms with Gasteiger partial charge in [0.25, 0.3) is 0 Å². The predicted octanol–water partition coefficient (Wildman–Crippen LogP) is 22.4. The molecule has 0 saturated heterocycles. The number of carbonyl (C=O) groups is 4. The quantitative estimate of drug-likeness (QED) is 0.0169. The summed E-state index contributed by atoms with van der Waals surface area (Å²) in [5.74, 6) is -2.35. The molecule has 0 aromatic carbocycles. The highest BCUT2D eigenvalue weighted by Crippen LogP contribution is 2.45. The van der Waals surface area contributed by atoms with Gasteiger partial charge in [-0.25, -0.2) is 9.13 Å². The Balaban J connectivity index is 5.48. The molecule has 0 aromatic rings. The van der Waals surface area contributed by atoms with Crippen molar-refractivity contribution in [3.8, 4) is 0 Å². The number of unbranched alkanes of at least 4 members (excludes halogenated alkanes) is 19. The van der Waals surface area contributed by atoms with E-state index in [9.17, 15) is 43.2 Å². The van der Waals surface area contributed by atoms with Gasteiger partial charge in [-0.15, -0.1) is 0 Å². The lowest BCUT2D eigenvalue weighted by Gasteiger charge is -2.21. The lowest BCUT2D eigenvalue weighted by Crippen LogP contribution is -2.30. The van der Waals surface area contributed by atoms with E-state index >= 15 is 0 Å². The topological polar surface area (TPSA) is 237 Å². The number of allylic oxidation sites excluding steroid dienone is 26. The summed E-state index contributed by atoms with van der Waals surface area (Å²) in [5, 5.41) is 10.6. The summed E-state index contributed by atoms with van der Waals surface area (Å²) in [6.07, 6.45) is 85.3. The second-order valence-corrected chi connectivity index (χ2v) is 28.1. The number of hydrogen-bond donors (Lipinski definition) is 3. The Labute approximate surface area is 617 Å². The lowest BCUT2D eigenvalue weighted by molar-refractivity contribution is -0.161. The molecule has 3 N–H and O–H groups in total. The maximum atomic E-state index is 13.1. The first-order valence-corrected chi connectivity index (χ1v) is 41.7. The average molecular weight is 1470 g/mol. The molecule has 0 aliphatic heterocycles. The second-order valence-electron chi connectivity index (χ2n) is 25.2. The highest BCUT2D eigenvalue weighted by atomic mass is 31.2. The molecular formula is C83H136O17P2. The molecular weight excluding hydrogens is 1330 g/mol. The van der Waals surface area contributed by atoms with Crippen molar-refractivity contribution >= 4 is 39.5 Å². The van der Waals surface area contributed by atoms with Crippen molar-refractivity contribution in [3.63, 3.8) is 0 Å². The number of esters is 4. The number of aliphatic hydroxyl groups is 1. The highest BCUT2D eigenvalue weighted by Gasteiger charge is 2.30. The van der Waals surface area contributed by atoms with E-state index < -0.39 is 97.5 Å². The van der Waals surface area contributed by atoms with Gasteiger partial charge in [0.05, 0.1) is 26.4 Å². The number of aliphatic hydroxyl groups excluding tert-OH is 1. The molecule has 0 aromatic heterocycles. The Morgan fingerprint density at radius 1 is 0.284 bits per heavy atom. The van der Waals surface area contributed by atoms with E-state index in [0.29, 0.717) is 38.5 Å². The van der Waals surface area contributed by atoms with Crippen molar-refractivity contribution < 1.29 is 80.2 Å². The largest absolute Gasteiger partial charge is 0.472 e. The Morgan fingerprint density at radius 2 is 0.520 bits per heavy atom. The van der Waals surface area contributed by atoms with Crippen LogP contribution in [0.25, 0.3) is 0 Å². The van der Waals surface area contributed by atoms with Gasteiger partial charge < -0.3 is 33.8 Å². The van der Waals surface area contributed by atoms with Crippen LogP contribution < -0.4 is 0 Å². The summed E-state index contributed by atoms with van der Waals surface area (Å²) in [4.78, 5) is 72.9. The first-order valence-electron chi connectivity index (χ1n) is 38.7. The minimum atomic E-state index is -5.01. The highest BCUT2D eigenvalue weighted by molar-refractivity contribution is 7.47. The van der Waals surface area contributed by atoms with Crippen LogP contribution in [-0.2, 0) is 65.4 Å². The van der Waals surface area contributed by atoms with Crippen LogP contribution in [-0.4, -0.2) is 96.7 Å². The molecule has 0 fully saturated rings. The van der Waals surface area contributed by atoms with Crippen LogP contribution >= 0.6 is 15.6 Å². The zero-order valence-electron chi connectivity index (χ0n) is 63.2. The SMILES string of the molecule is CC/C=C\C/C=C\C/C=C\C/C=C\C/C=C\CCCC(=O)OCC(COP(=O)(O)OCC(O)COP(=O)(O)OCC(COC(=O)CCCC/C=C\C/C=C\C/C=C\C/C=C\CC)OC(=O)CCCCCCCCCCCCCCCCC)OC(=O)CCCC/C=C\C/C=C\C/C=C\C/C=C\CC. The monoisotopic (exact) mass is 1470 g/mol. The molecule has 0 aliphatic carbocycles. The summed E-state index contributed by atoms with van der Waals surface area (Å²) in [6, 6.07) is 0. The third kappa shape index (κ3) is 73.0. The summed E-state index contributed by atoms with van der Waals surface area (Å²) >= 11 is 0. The van der Waals surface area contributed by atoms with Gasteiger partial charge in [0.2, 0.25) is 0 Å². The molecule has 0 saturated carbocycles. The number of ether oxygens (including phenoxy) is 4. The zero-order valence-corrected chi connectivity index (χ0v) is 65.0. The van der Waals surface area contributed by atoms with Gasteiger partial charge in [0.1, 0.15) is 19.3 Å². The van der Waals surface area contributed by atoms with Crippen LogP contribution in [0.5, 0.6) is 0 Å². The van der Waals surface area contributed by atoms with Gasteiger partial charge in [0.15, 0.2) is 12.2 Å². The van der Waals surface area contributed by atoms with Crippen molar-refractivity contribution in [1.82, 2.24) is 0 Å². The fraction of sp³-hybridized carbons (Fsp3) is 0.639. The summed E-state index contributed by atoms with van der Waals surface area (Å²) < 4.78 is 68.4. The zero-order chi connectivity index (χ0) is 74.6. The summed E-state index contributed by atoms with van der Waals surface area (Å²) in [6.45, 7) is 4.36. The molecule has 580 valence electrons. The van der Waals surface area contributed by atoms with Gasteiger partial charge in [-0.2, -0.15) is 0 Å². The minimum Gasteiger partial charge on any atom is -0.462 e. The van der Waals surface area contributed by atoms with Crippen molar-refractivity contribution in [1.29, 1.82) is 0 Å². The van der Waals surface area contributed by atoms with E-state index in [4.69, 9.17) is 37.0 Å². The van der Waals surface area contributed by atoms with Crippen LogP contribution in [0.1, 0.15) is 285 Å². The van der Waals surface area contributed by atoms with Crippen molar-refractivity contribution in [3.05, 3.63) is 158 Å². The molecule has 0 amide bonds. The van der Waals surface area contributed by atoms with Gasteiger partial charge >= 0.3 is 39.5 Å². The standard InChI is InChI=1S/C83H136O17P2/c1-5-9-13-17-21-25-29-33-37-38-42-44-48-52-56-60-64-68-81(86)94-74-79(100-83(88)70-66-62-58-54-50-46-41-36-32-28-24-20-16-12-8-4)76-98-102(91,92)96-72-77(84)71-95-101(89,90)97-75-78(99-82(87)69-65-61-57-53-49-45-40-35-31-27-23-19-15-11-7-3)73-93-80(85)67-63-59-55-51-47-43-39-34-30-26-22-18-14-10-6-2/h9-10,12-14,16,21-22,24-26,28,33-34,36-37,39,41-42,44,47,50-52,54,56,77-79,84H,5-8,11,15,17-20,23,27,29-32,35,38,40,43,45-46,48-49,53,55,57-76H2,1-4H3,(H,89,90)(H,91,92)/b13-9-,14-10-,16-12-,25-21-,26-22-,28-24-,37-33-,39-34-,41-36-,44-42-,51-47-,54-50-,56-52-. The number of rotatable bonds is 71. The van der Waals surface area contributed by atoms with Crippen LogP contribution in [0.3, 0.4) is 0 Å². The number of carbonyl (C=O) groups excluding carboxylic acids is 4. The average Bonchev–Trinajstić information content (AvgIpc) is 0.923. The van der Waals surface area contributed by atoms with Crippen LogP contribution in [0.4, 0.5) is 0 Å². The molecule has 0 radical (unpaired) electrons. The van der Waals surface area contributed by atoms with E-state index in [0.717, 1.165) is 128 Å². The third-order valence-corrected chi connectivity index (χ3v) is 17.4. The predicted molar refractivity (Wildman–Crippen MR) is 417 cm³/mol. The normalized spacial score (nSPS) is 14.8. The molecule has 0 heterocycles. The van der Waals surface area contributed by atoms with E-state index in [1.54, 1.807) is 0 Å². The molecule has 0 aliphatic rings. The van der Waals surface area contributed by atoms with Crippen molar-refractivity contribution in [2.24, 2.45) is 0 Å². The Hall–Kier alpha value is -5.32. The smallest absolute Gasteiger partial charge is 0.462 e. The van der Waals surface area contributed by atoms with E-state index in [-0.39, 0.29) is 25.7 Å². The molecule has 5 atom stereocenters. The summed E-state index contributed by atoms with van der Waals surface area (Å²) in [7, 11) is -10.0. The fourth-order valence-corrected chi connectivity index (χ4v) is 11.3. The first kappa shape index (κ1) is 96.7. The van der Waals surface area contributed by atoms with E-state index in [1.165, 1.54) is 64.2 Å². The molecule has 102 heavy (non-hydrogen) atoms. The maximum absolute atomic E-state index is 13.1. The van der Waals surface area contributed by atoms with Gasteiger partial charge in [-0.1, -0.05) is 276 Å². The van der Waals surface area contributed by atoms with E-state index in [1.807, 2.05) is 12.2 Å². The van der Waals surface area contributed by atoms with E-state index in [2.05, 4.69) is 174 Å². The number of hydrogen-bond acceptors (Lipinski definition) is 15. The Morgan fingerprint density at radius 3 is 0.824 bits per heavy atom.